The number of anilines is 2. The van der Waals surface area contributed by atoms with Crippen molar-refractivity contribution in [1.29, 1.82) is 0 Å². The number of rotatable bonds is 10. The van der Waals surface area contributed by atoms with Crippen LogP contribution in [0, 0.1) is 23.2 Å². The Balaban J connectivity index is 0.837. The Morgan fingerprint density at radius 1 is 0.845 bits per heavy atom. The second-order valence-corrected chi connectivity index (χ2v) is 19.5. The summed E-state index contributed by atoms with van der Waals surface area (Å²) in [6.07, 6.45) is 11.6. The molecule has 366 valence electrons. The summed E-state index contributed by atoms with van der Waals surface area (Å²) < 4.78 is 6.01. The van der Waals surface area contributed by atoms with Gasteiger partial charge in [-0.2, -0.15) is 5.10 Å². The lowest BCUT2D eigenvalue weighted by Gasteiger charge is -2.45. The summed E-state index contributed by atoms with van der Waals surface area (Å²) in [6, 6.07) is 19.9. The number of nitrogens with zero attached hydrogens (tertiary/aromatic N) is 9. The summed E-state index contributed by atoms with van der Waals surface area (Å²) in [4.78, 5) is 88.4. The Kier molecular flexibility index (Phi) is 12.8. The standard InChI is InChI=1S/C54H59N11O6/c1-5-41-43(20-26-56-48(41)63-31-30-62(53(63)71)39-10-6-9-38(33-39)49(67)55-2)42-15-14-40(64-34-57-60(4)52(64)70)32-37(42)13-12-35-18-22-54(23-19-35)24-28-61(29-25-54)27-21-36-8-7-11-44-47(36)59(3)51(69)65(44)45-16-17-46(66)58-50(45)68/h6-11,14-15,20,26,32-35,45H,5,16-19,21-25,27-31H2,1-4H3,(H,55,67)(H,58,66,68). The Hall–Kier alpha value is -7.58. The van der Waals surface area contributed by atoms with Crippen LogP contribution in [-0.4, -0.2) is 96.9 Å². The van der Waals surface area contributed by atoms with Gasteiger partial charge in [-0.1, -0.05) is 43.0 Å². The number of para-hydroxylation sites is 1. The molecule has 2 N–H and O–H groups in total. The molecule has 1 unspecified atom stereocenters. The van der Waals surface area contributed by atoms with Crippen molar-refractivity contribution >= 4 is 46.3 Å². The molecule has 0 radical (unpaired) electrons. The van der Waals surface area contributed by atoms with Crippen LogP contribution in [0.4, 0.5) is 16.3 Å². The molecule has 4 fully saturated rings. The van der Waals surface area contributed by atoms with Crippen LogP contribution < -0.4 is 31.8 Å². The molecule has 5 amide bonds. The minimum atomic E-state index is -0.709. The smallest absolute Gasteiger partial charge is 0.350 e. The van der Waals surface area contributed by atoms with Crippen molar-refractivity contribution in [3.8, 4) is 28.7 Å². The fourth-order valence-electron chi connectivity index (χ4n) is 11.4. The van der Waals surface area contributed by atoms with Crippen LogP contribution in [0.15, 0.2) is 88.8 Å². The van der Waals surface area contributed by atoms with E-state index in [2.05, 4.69) is 45.5 Å². The molecule has 3 saturated heterocycles. The summed E-state index contributed by atoms with van der Waals surface area (Å²) >= 11 is 0. The number of aromatic nitrogens is 6. The van der Waals surface area contributed by atoms with E-state index < -0.39 is 11.9 Å². The predicted molar refractivity (Wildman–Crippen MR) is 271 cm³/mol. The second-order valence-electron chi connectivity index (χ2n) is 19.5. The predicted octanol–water partition coefficient (Wildman–Crippen LogP) is 5.50. The maximum absolute atomic E-state index is 14.1. The molecule has 10 rings (SSSR count). The van der Waals surface area contributed by atoms with Gasteiger partial charge in [0.25, 0.3) is 5.91 Å². The summed E-state index contributed by atoms with van der Waals surface area (Å²) in [5.74, 6) is 7.10. The highest BCUT2D eigenvalue weighted by molar-refractivity contribution is 6.07. The van der Waals surface area contributed by atoms with Crippen molar-refractivity contribution in [2.45, 2.75) is 77.2 Å². The zero-order chi connectivity index (χ0) is 49.6. The van der Waals surface area contributed by atoms with Gasteiger partial charge in [-0.3, -0.25) is 38.6 Å². The highest BCUT2D eigenvalue weighted by Gasteiger charge is 2.38. The van der Waals surface area contributed by atoms with Crippen LogP contribution >= 0.6 is 0 Å². The zero-order valence-electron chi connectivity index (χ0n) is 40.7. The molecular weight excluding hydrogens is 899 g/mol. The van der Waals surface area contributed by atoms with Gasteiger partial charge >= 0.3 is 17.4 Å². The number of imide groups is 1. The molecule has 3 aromatic heterocycles. The number of amides is 5. The van der Waals surface area contributed by atoms with E-state index in [0.29, 0.717) is 48.7 Å². The first-order valence-corrected chi connectivity index (χ1v) is 24.8. The van der Waals surface area contributed by atoms with Crippen LogP contribution in [0.25, 0.3) is 27.8 Å². The third kappa shape index (κ3) is 8.85. The molecule has 0 bridgehead atoms. The highest BCUT2D eigenvalue weighted by Crippen LogP contribution is 2.46. The van der Waals surface area contributed by atoms with E-state index in [1.165, 1.54) is 15.6 Å². The van der Waals surface area contributed by atoms with Gasteiger partial charge in [0, 0.05) is 81.7 Å². The van der Waals surface area contributed by atoms with Gasteiger partial charge in [-0.25, -0.2) is 28.6 Å². The van der Waals surface area contributed by atoms with Crippen LogP contribution in [0.1, 0.15) is 91.4 Å². The number of urea groups is 1. The van der Waals surface area contributed by atoms with Gasteiger partial charge in [0.15, 0.2) is 0 Å². The van der Waals surface area contributed by atoms with Gasteiger partial charge < -0.3 is 10.2 Å². The number of hydrogen-bond donors (Lipinski definition) is 2. The fraction of sp³-hybridized carbons (Fsp3) is 0.407. The molecule has 1 aliphatic carbocycles. The third-order valence-corrected chi connectivity index (χ3v) is 15.5. The van der Waals surface area contributed by atoms with Crippen molar-refractivity contribution in [2.75, 3.05) is 49.6 Å². The number of imidazole rings is 1. The quantitative estimate of drug-likeness (QED) is 0.132. The van der Waals surface area contributed by atoms with Gasteiger partial charge in [-0.15, -0.1) is 0 Å². The monoisotopic (exact) mass is 957 g/mol. The van der Waals surface area contributed by atoms with Crippen molar-refractivity contribution < 1.29 is 19.2 Å². The molecule has 4 aliphatic rings. The summed E-state index contributed by atoms with van der Waals surface area (Å²) in [5.41, 5.74) is 7.68. The van der Waals surface area contributed by atoms with E-state index in [1.54, 1.807) is 64.5 Å². The Labute approximate surface area is 411 Å². The average molecular weight is 958 g/mol. The Morgan fingerprint density at radius 2 is 1.62 bits per heavy atom. The number of hydrogen-bond acceptors (Lipinski definition) is 9. The highest BCUT2D eigenvalue weighted by atomic mass is 16.2. The number of carbonyl (C=O) groups is 4. The van der Waals surface area contributed by atoms with Crippen molar-refractivity contribution in [3.05, 3.63) is 122 Å². The first kappa shape index (κ1) is 47.1. The normalized spacial score (nSPS) is 18.5. The summed E-state index contributed by atoms with van der Waals surface area (Å²) in [6.45, 7) is 5.80. The first-order chi connectivity index (χ1) is 34.4. The molecule has 17 heteroatoms. The van der Waals surface area contributed by atoms with E-state index in [1.807, 2.05) is 42.5 Å². The number of nitrogens with one attached hydrogen (secondary N) is 2. The maximum Gasteiger partial charge on any atom is 0.350 e. The molecule has 6 heterocycles. The van der Waals surface area contributed by atoms with Crippen LogP contribution in [0.5, 0.6) is 0 Å². The topological polar surface area (TPSA) is 182 Å². The number of aryl methyl sites for hydroxylation is 2. The van der Waals surface area contributed by atoms with E-state index >= 15 is 0 Å². The average Bonchev–Trinajstić information content (AvgIpc) is 4.03. The largest absolute Gasteiger partial charge is 0.355 e. The van der Waals surface area contributed by atoms with Crippen LogP contribution in [0.3, 0.4) is 0 Å². The van der Waals surface area contributed by atoms with Crippen LogP contribution in [0.2, 0.25) is 0 Å². The van der Waals surface area contributed by atoms with Gasteiger partial charge in [0.2, 0.25) is 11.8 Å². The van der Waals surface area contributed by atoms with Gasteiger partial charge in [0.1, 0.15) is 18.2 Å². The molecule has 17 nitrogen and oxygen atoms in total. The lowest BCUT2D eigenvalue weighted by atomic mass is 9.65. The van der Waals surface area contributed by atoms with Gasteiger partial charge in [0.05, 0.1) is 16.7 Å². The molecule has 3 aliphatic heterocycles. The SMILES string of the molecule is CCc1c(-c2ccc(-n3cnn(C)c3=O)cc2C#CC2CCC3(CC2)CCN(CCc2cccc4c2n(C)c(=O)n4C2CCC(=O)NC2=O)CC3)ccnc1N1CCN(c2cccc(C(=O)NC)c2)C1=O. The summed E-state index contributed by atoms with van der Waals surface area (Å²) in [5, 5.41) is 9.24. The molecule has 1 spiro atoms. The third-order valence-electron chi connectivity index (χ3n) is 15.5. The molecule has 6 aromatic rings. The summed E-state index contributed by atoms with van der Waals surface area (Å²) in [7, 11) is 4.96. The Morgan fingerprint density at radius 3 is 2.35 bits per heavy atom. The van der Waals surface area contributed by atoms with Crippen molar-refractivity contribution in [2.24, 2.45) is 25.4 Å². The number of pyridine rings is 1. The number of benzene rings is 3. The first-order valence-electron chi connectivity index (χ1n) is 24.8. The second kappa shape index (κ2) is 19.3. The number of carbonyl (C=O) groups excluding carboxylic acids is 4. The number of likely N-dealkylation sites (tertiary alicyclic amines) is 1. The molecule has 71 heavy (non-hydrogen) atoms. The fourth-order valence-corrected chi connectivity index (χ4v) is 11.4. The van der Waals surface area contributed by atoms with E-state index in [0.717, 1.165) is 103 Å². The zero-order valence-corrected chi connectivity index (χ0v) is 40.7. The minimum Gasteiger partial charge on any atom is -0.355 e. The Bertz CT molecular complexity index is 3280. The minimum absolute atomic E-state index is 0.206. The van der Waals surface area contributed by atoms with E-state index in [9.17, 15) is 28.8 Å². The van der Waals surface area contributed by atoms with E-state index in [-0.39, 0.29) is 47.0 Å². The molecular formula is C54H59N11O6. The van der Waals surface area contributed by atoms with Crippen molar-refractivity contribution in [1.82, 2.24) is 44.0 Å². The molecule has 1 atom stereocenters. The van der Waals surface area contributed by atoms with E-state index in [4.69, 9.17) is 4.98 Å². The molecule has 3 aromatic carbocycles. The van der Waals surface area contributed by atoms with Crippen LogP contribution in [-0.2, 0) is 36.5 Å². The lowest BCUT2D eigenvalue weighted by molar-refractivity contribution is -0.135. The molecule has 1 saturated carbocycles. The lowest BCUT2D eigenvalue weighted by Crippen LogP contribution is -2.44. The van der Waals surface area contributed by atoms with Gasteiger partial charge in [-0.05, 0) is 135 Å². The number of piperidine rings is 2. The maximum atomic E-state index is 14.1. The number of fused-ring (bicyclic) bond motifs is 1. The van der Waals surface area contributed by atoms with Crippen molar-refractivity contribution in [3.63, 3.8) is 0 Å².